The van der Waals surface area contributed by atoms with Crippen LogP contribution in [0, 0.1) is 0 Å². The molecule has 0 radical (unpaired) electrons. The molecule has 4 unspecified atom stereocenters. The van der Waals surface area contributed by atoms with Crippen LogP contribution >= 0.6 is 0 Å². The van der Waals surface area contributed by atoms with E-state index >= 15 is 0 Å². The second-order valence-corrected chi connectivity index (χ2v) is 15.0. The van der Waals surface area contributed by atoms with E-state index in [2.05, 4.69) is 173 Å². The number of likely N-dealkylation sites (tertiary alicyclic amines) is 1. The molecule has 3 aliphatic heterocycles. The van der Waals surface area contributed by atoms with Crippen molar-refractivity contribution in [1.82, 2.24) is 23.8 Å². The lowest BCUT2D eigenvalue weighted by Crippen LogP contribution is -2.52. The molecule has 0 amide bonds. The maximum absolute atomic E-state index is 5.40. The molecule has 51 heavy (non-hydrogen) atoms. The van der Waals surface area contributed by atoms with Crippen molar-refractivity contribution in [3.63, 3.8) is 0 Å². The zero-order valence-corrected chi connectivity index (χ0v) is 29.9. The highest BCUT2D eigenvalue weighted by Gasteiger charge is 2.46. The molecule has 3 aliphatic rings. The zero-order valence-electron chi connectivity index (χ0n) is 29.9. The van der Waals surface area contributed by atoms with Crippen molar-refractivity contribution in [3.8, 4) is 28.2 Å². The minimum atomic E-state index is 0.284. The third-order valence-electron chi connectivity index (χ3n) is 12.4. The molecule has 1 fully saturated rings. The Hall–Kier alpha value is -5.17. The molecule has 6 nitrogen and oxygen atoms in total. The van der Waals surface area contributed by atoms with Gasteiger partial charge >= 0.3 is 0 Å². The van der Waals surface area contributed by atoms with Crippen LogP contribution in [0.3, 0.4) is 0 Å². The standard InChI is InChI=1S/C45H44N6/c1-29-43-37(21-24-47(29)3)35-16-8-10-18-39(35)50(43)33-26-32(42-45(31-14-6-5-7-15-31)49-23-13-12-20-41(49)46-42)27-34(28-33)51-40-19-11-9-17-36(40)38-22-25-48(4)30(2)44(38)51/h5-20,23,26-30,37,43H,21-22,24-25H2,1-4H3. The maximum Gasteiger partial charge on any atom is 0.137 e. The smallest absolute Gasteiger partial charge is 0.137 e. The Morgan fingerprint density at radius 2 is 1.47 bits per heavy atom. The summed E-state index contributed by atoms with van der Waals surface area (Å²) < 4.78 is 4.83. The third-order valence-corrected chi connectivity index (χ3v) is 12.4. The SMILES string of the molecule is CC1c2c(c3ccccc3n2-c2cc(-c3nc4ccccn4c3-c3ccccc3)cc(N3c4ccccc4C4CCN(C)C(C)C43)c2)CCN1C. The number of piperidine rings is 1. The summed E-state index contributed by atoms with van der Waals surface area (Å²) in [5, 5.41) is 1.37. The van der Waals surface area contributed by atoms with Crippen molar-refractivity contribution < 1.29 is 0 Å². The van der Waals surface area contributed by atoms with Gasteiger partial charge in [-0.15, -0.1) is 0 Å². The van der Waals surface area contributed by atoms with Crippen LogP contribution in [-0.4, -0.2) is 63.0 Å². The molecule has 3 aromatic heterocycles. The van der Waals surface area contributed by atoms with E-state index in [0.717, 1.165) is 54.1 Å². The highest BCUT2D eigenvalue weighted by molar-refractivity contribution is 5.90. The summed E-state index contributed by atoms with van der Waals surface area (Å²) in [7, 11) is 4.56. The van der Waals surface area contributed by atoms with Gasteiger partial charge in [0.15, 0.2) is 0 Å². The van der Waals surface area contributed by atoms with Gasteiger partial charge in [0.2, 0.25) is 0 Å². The second kappa shape index (κ2) is 11.7. The number of hydrogen-bond acceptors (Lipinski definition) is 4. The van der Waals surface area contributed by atoms with E-state index in [9.17, 15) is 0 Å². The first kappa shape index (κ1) is 30.6. The molecule has 4 atom stereocenters. The van der Waals surface area contributed by atoms with Crippen LogP contribution in [0.4, 0.5) is 11.4 Å². The molecule has 7 aromatic rings. The van der Waals surface area contributed by atoms with Gasteiger partial charge in [0.1, 0.15) is 5.65 Å². The van der Waals surface area contributed by atoms with E-state index in [1.54, 1.807) is 0 Å². The van der Waals surface area contributed by atoms with Crippen LogP contribution in [0.25, 0.3) is 44.8 Å². The number of imidazole rings is 1. The maximum atomic E-state index is 5.40. The summed E-state index contributed by atoms with van der Waals surface area (Å²) in [5.41, 5.74) is 14.7. The van der Waals surface area contributed by atoms with Crippen molar-refractivity contribution in [2.24, 2.45) is 0 Å². The van der Waals surface area contributed by atoms with Gasteiger partial charge < -0.3 is 14.4 Å². The summed E-state index contributed by atoms with van der Waals surface area (Å²) >= 11 is 0. The highest BCUT2D eigenvalue weighted by Crippen LogP contribution is 2.51. The number of nitrogens with zero attached hydrogens (tertiary/aromatic N) is 6. The van der Waals surface area contributed by atoms with Gasteiger partial charge in [0, 0.05) is 70.0 Å². The first-order chi connectivity index (χ1) is 25.0. The van der Waals surface area contributed by atoms with Crippen LogP contribution in [0.2, 0.25) is 0 Å². The monoisotopic (exact) mass is 668 g/mol. The topological polar surface area (TPSA) is 32.0 Å². The van der Waals surface area contributed by atoms with Gasteiger partial charge in [-0.3, -0.25) is 9.30 Å². The lowest BCUT2D eigenvalue weighted by molar-refractivity contribution is 0.163. The molecule has 0 bridgehead atoms. The number of para-hydroxylation sites is 2. The van der Waals surface area contributed by atoms with Gasteiger partial charge in [0.25, 0.3) is 0 Å². The number of likely N-dealkylation sites (N-methyl/N-ethyl adjacent to an activating group) is 2. The molecule has 0 saturated carbocycles. The number of benzene rings is 4. The van der Waals surface area contributed by atoms with Crippen LogP contribution < -0.4 is 4.90 Å². The van der Waals surface area contributed by atoms with Crippen LogP contribution in [0.15, 0.2) is 121 Å². The highest BCUT2D eigenvalue weighted by atomic mass is 15.3. The Morgan fingerprint density at radius 1 is 0.706 bits per heavy atom. The number of fused-ring (bicyclic) bond motifs is 7. The fourth-order valence-corrected chi connectivity index (χ4v) is 9.61. The fraction of sp³-hybridized carbons (Fsp3) is 0.267. The van der Waals surface area contributed by atoms with Crippen molar-refractivity contribution in [3.05, 3.63) is 138 Å². The van der Waals surface area contributed by atoms with Crippen LogP contribution in [0.5, 0.6) is 0 Å². The van der Waals surface area contributed by atoms with Crippen LogP contribution in [-0.2, 0) is 6.42 Å². The molecule has 10 rings (SSSR count). The Labute approximate surface area is 300 Å². The average Bonchev–Trinajstić information content (AvgIpc) is 3.83. The van der Waals surface area contributed by atoms with E-state index in [4.69, 9.17) is 4.98 Å². The van der Waals surface area contributed by atoms with E-state index in [-0.39, 0.29) is 6.04 Å². The number of anilines is 2. The third kappa shape index (κ3) is 4.59. The van der Waals surface area contributed by atoms with Gasteiger partial charge in [-0.2, -0.15) is 0 Å². The second-order valence-electron chi connectivity index (χ2n) is 15.0. The minimum absolute atomic E-state index is 0.284. The number of hydrogen-bond donors (Lipinski definition) is 0. The molecule has 6 heteroatoms. The van der Waals surface area contributed by atoms with E-state index < -0.39 is 0 Å². The molecule has 4 aromatic carbocycles. The number of rotatable bonds is 4. The first-order valence-electron chi connectivity index (χ1n) is 18.6. The summed E-state index contributed by atoms with van der Waals surface area (Å²) in [5.74, 6) is 0.489. The summed E-state index contributed by atoms with van der Waals surface area (Å²) in [6.07, 6.45) is 4.36. The van der Waals surface area contributed by atoms with Crippen molar-refractivity contribution in [2.75, 3.05) is 32.1 Å². The number of aromatic nitrogens is 3. The summed E-state index contributed by atoms with van der Waals surface area (Å²) in [4.78, 5) is 13.1. The van der Waals surface area contributed by atoms with E-state index in [1.807, 2.05) is 0 Å². The summed E-state index contributed by atoms with van der Waals surface area (Å²) in [6, 6.07) is 43.6. The quantitative estimate of drug-likeness (QED) is 0.187. The normalized spacial score (nSPS) is 22.0. The average molecular weight is 669 g/mol. The molecule has 0 spiro atoms. The van der Waals surface area contributed by atoms with Crippen LogP contribution in [0.1, 0.15) is 49.0 Å². The van der Waals surface area contributed by atoms with Crippen molar-refractivity contribution in [1.29, 1.82) is 0 Å². The molecule has 254 valence electrons. The van der Waals surface area contributed by atoms with Gasteiger partial charge in [-0.05, 0) is 101 Å². The largest absolute Gasteiger partial charge is 0.336 e. The molecule has 0 aliphatic carbocycles. The molecule has 6 heterocycles. The van der Waals surface area contributed by atoms with Gasteiger partial charge in [0.05, 0.1) is 22.9 Å². The first-order valence-corrected chi connectivity index (χ1v) is 18.6. The number of pyridine rings is 1. The van der Waals surface area contributed by atoms with Gasteiger partial charge in [-0.25, -0.2) is 4.98 Å². The lowest BCUT2D eigenvalue weighted by atomic mass is 9.84. The summed E-state index contributed by atoms with van der Waals surface area (Å²) in [6.45, 7) is 6.97. The lowest BCUT2D eigenvalue weighted by Gasteiger charge is -2.43. The van der Waals surface area contributed by atoms with E-state index in [1.165, 1.54) is 44.8 Å². The minimum Gasteiger partial charge on any atom is -0.336 e. The molecule has 1 saturated heterocycles. The zero-order chi connectivity index (χ0) is 34.4. The Morgan fingerprint density at radius 3 is 2.35 bits per heavy atom. The fourth-order valence-electron chi connectivity index (χ4n) is 9.61. The van der Waals surface area contributed by atoms with E-state index in [0.29, 0.717) is 18.0 Å². The Kier molecular flexibility index (Phi) is 7.02. The van der Waals surface area contributed by atoms with Crippen molar-refractivity contribution in [2.45, 2.75) is 50.7 Å². The van der Waals surface area contributed by atoms with Crippen molar-refractivity contribution >= 4 is 27.9 Å². The Bertz CT molecular complexity index is 2440. The predicted molar refractivity (Wildman–Crippen MR) is 209 cm³/mol. The molecule has 0 N–H and O–H groups in total. The van der Waals surface area contributed by atoms with Gasteiger partial charge in [-0.1, -0.05) is 72.8 Å². The predicted octanol–water partition coefficient (Wildman–Crippen LogP) is 9.49. The molecular weight excluding hydrogens is 625 g/mol. The molecular formula is C45H44N6. The Balaban J connectivity index is 1.29.